The first-order valence-corrected chi connectivity index (χ1v) is 6.79. The molecule has 0 aliphatic carbocycles. The van der Waals surface area contributed by atoms with Gasteiger partial charge in [0.1, 0.15) is 17.6 Å². The van der Waals surface area contributed by atoms with Crippen LogP contribution in [0.1, 0.15) is 11.6 Å². The van der Waals surface area contributed by atoms with Crippen LogP contribution in [0, 0.1) is 17.1 Å². The fourth-order valence-corrected chi connectivity index (χ4v) is 1.94. The minimum absolute atomic E-state index is 0.275. The largest absolute Gasteiger partial charge is 0.482 e. The second kappa shape index (κ2) is 7.43. The zero-order valence-corrected chi connectivity index (χ0v) is 12.2. The molecule has 1 atom stereocenters. The molecule has 1 amide bonds. The summed E-state index contributed by atoms with van der Waals surface area (Å²) >= 11 is 5.91. The molecule has 6 heteroatoms. The van der Waals surface area contributed by atoms with Crippen LogP contribution in [0.25, 0.3) is 0 Å². The third-order valence-corrected chi connectivity index (χ3v) is 3.15. The quantitative estimate of drug-likeness (QED) is 0.920. The van der Waals surface area contributed by atoms with Gasteiger partial charge in [0, 0.05) is 0 Å². The lowest BCUT2D eigenvalue weighted by atomic mass is 10.1. The molecule has 0 aromatic heterocycles. The molecule has 0 spiro atoms. The van der Waals surface area contributed by atoms with Gasteiger partial charge in [0.2, 0.25) is 0 Å². The summed E-state index contributed by atoms with van der Waals surface area (Å²) in [6.07, 6.45) is 0. The van der Waals surface area contributed by atoms with Gasteiger partial charge in [-0.05, 0) is 29.8 Å². The highest BCUT2D eigenvalue weighted by molar-refractivity contribution is 6.32. The van der Waals surface area contributed by atoms with Crippen LogP contribution in [0.15, 0.2) is 48.5 Å². The van der Waals surface area contributed by atoms with Crippen molar-refractivity contribution in [2.24, 2.45) is 0 Å². The van der Waals surface area contributed by atoms with Crippen molar-refractivity contribution in [3.05, 3.63) is 64.9 Å². The van der Waals surface area contributed by atoms with E-state index in [4.69, 9.17) is 21.6 Å². The van der Waals surface area contributed by atoms with Crippen molar-refractivity contribution >= 4 is 17.5 Å². The highest BCUT2D eigenvalue weighted by Crippen LogP contribution is 2.22. The predicted molar refractivity (Wildman–Crippen MR) is 79.8 cm³/mol. The molecule has 2 aromatic rings. The van der Waals surface area contributed by atoms with Crippen molar-refractivity contribution in [2.75, 3.05) is 6.61 Å². The van der Waals surface area contributed by atoms with E-state index in [-0.39, 0.29) is 6.61 Å². The van der Waals surface area contributed by atoms with Gasteiger partial charge in [-0.1, -0.05) is 35.9 Å². The molecule has 2 rings (SSSR count). The first kappa shape index (κ1) is 15.8. The third kappa shape index (κ3) is 4.21. The summed E-state index contributed by atoms with van der Waals surface area (Å²) in [5.74, 6) is -0.501. The maximum atomic E-state index is 12.9. The molecule has 1 N–H and O–H groups in total. The second-order valence-corrected chi connectivity index (χ2v) is 4.81. The number of amides is 1. The van der Waals surface area contributed by atoms with Gasteiger partial charge in [-0.3, -0.25) is 4.79 Å². The van der Waals surface area contributed by atoms with Crippen LogP contribution in [0.5, 0.6) is 5.75 Å². The Hall–Kier alpha value is -2.58. The van der Waals surface area contributed by atoms with Crippen molar-refractivity contribution in [3.63, 3.8) is 0 Å². The number of nitriles is 1. The fourth-order valence-electron chi connectivity index (χ4n) is 1.75. The lowest BCUT2D eigenvalue weighted by Gasteiger charge is -2.13. The van der Waals surface area contributed by atoms with Crippen molar-refractivity contribution in [1.29, 1.82) is 5.26 Å². The van der Waals surface area contributed by atoms with Gasteiger partial charge < -0.3 is 10.1 Å². The average Bonchev–Trinajstić information content (AvgIpc) is 2.53. The molecular formula is C16H12ClFN2O2. The maximum absolute atomic E-state index is 12.9. The molecule has 0 aliphatic rings. The highest BCUT2D eigenvalue weighted by atomic mass is 35.5. The number of para-hydroxylation sites is 1. The van der Waals surface area contributed by atoms with E-state index in [2.05, 4.69) is 5.32 Å². The van der Waals surface area contributed by atoms with Crippen LogP contribution >= 0.6 is 11.6 Å². The number of nitrogens with one attached hydrogen (secondary N) is 1. The minimum Gasteiger partial charge on any atom is -0.482 e. The Balaban J connectivity index is 1.94. The van der Waals surface area contributed by atoms with Crippen LogP contribution in [-0.4, -0.2) is 12.5 Å². The normalized spacial score (nSPS) is 11.3. The number of rotatable bonds is 5. The summed E-state index contributed by atoms with van der Waals surface area (Å²) < 4.78 is 18.1. The molecule has 2 aromatic carbocycles. The van der Waals surface area contributed by atoms with Crippen LogP contribution in [0.3, 0.4) is 0 Å². The average molecular weight is 319 g/mol. The van der Waals surface area contributed by atoms with E-state index < -0.39 is 17.8 Å². The Morgan fingerprint density at radius 2 is 1.95 bits per heavy atom. The zero-order chi connectivity index (χ0) is 15.9. The van der Waals surface area contributed by atoms with E-state index in [1.165, 1.54) is 24.3 Å². The van der Waals surface area contributed by atoms with E-state index in [9.17, 15) is 9.18 Å². The molecule has 0 unspecified atom stereocenters. The van der Waals surface area contributed by atoms with E-state index in [1.54, 1.807) is 24.3 Å². The number of halogens is 2. The van der Waals surface area contributed by atoms with Crippen molar-refractivity contribution in [2.45, 2.75) is 6.04 Å². The molecule has 0 radical (unpaired) electrons. The number of hydrogen-bond acceptors (Lipinski definition) is 3. The van der Waals surface area contributed by atoms with E-state index in [1.807, 2.05) is 6.07 Å². The molecule has 4 nitrogen and oxygen atoms in total. The van der Waals surface area contributed by atoms with Gasteiger partial charge in [-0.2, -0.15) is 5.26 Å². The van der Waals surface area contributed by atoms with Gasteiger partial charge in [0.25, 0.3) is 5.91 Å². The predicted octanol–water partition coefficient (Wildman–Crippen LogP) is 3.24. The molecule has 0 bridgehead atoms. The number of nitrogens with zero attached hydrogens (tertiary/aromatic N) is 1. The molecule has 0 aliphatic heterocycles. The molecular weight excluding hydrogens is 307 g/mol. The lowest BCUT2D eigenvalue weighted by Crippen LogP contribution is -2.32. The minimum atomic E-state index is -0.872. The number of hydrogen-bond donors (Lipinski definition) is 1. The summed E-state index contributed by atoms with van der Waals surface area (Å²) in [6.45, 7) is -0.275. The van der Waals surface area contributed by atoms with Gasteiger partial charge in [0.05, 0.1) is 11.1 Å². The maximum Gasteiger partial charge on any atom is 0.259 e. The van der Waals surface area contributed by atoms with Crippen molar-refractivity contribution < 1.29 is 13.9 Å². The van der Waals surface area contributed by atoms with E-state index in [0.29, 0.717) is 16.3 Å². The zero-order valence-electron chi connectivity index (χ0n) is 11.4. The van der Waals surface area contributed by atoms with Crippen molar-refractivity contribution in [3.8, 4) is 11.8 Å². The second-order valence-electron chi connectivity index (χ2n) is 4.40. The lowest BCUT2D eigenvalue weighted by molar-refractivity contribution is -0.123. The number of carbonyl (C=O) groups is 1. The van der Waals surface area contributed by atoms with Crippen molar-refractivity contribution in [1.82, 2.24) is 5.32 Å². The topological polar surface area (TPSA) is 62.1 Å². The monoisotopic (exact) mass is 318 g/mol. The SMILES string of the molecule is N#C[C@@H](NC(=O)COc1ccccc1Cl)c1ccc(F)cc1. The van der Waals surface area contributed by atoms with Crippen LogP contribution < -0.4 is 10.1 Å². The third-order valence-electron chi connectivity index (χ3n) is 2.83. The summed E-state index contributed by atoms with van der Waals surface area (Å²) in [6, 6.07) is 13.2. The molecule has 0 heterocycles. The fraction of sp³-hybridized carbons (Fsp3) is 0.125. The highest BCUT2D eigenvalue weighted by Gasteiger charge is 2.14. The summed E-state index contributed by atoms with van der Waals surface area (Å²) in [5, 5.41) is 12.0. The van der Waals surface area contributed by atoms with Gasteiger partial charge in [0.15, 0.2) is 6.61 Å². The number of carbonyl (C=O) groups excluding carboxylic acids is 1. The summed E-state index contributed by atoms with van der Waals surface area (Å²) in [4.78, 5) is 11.8. The Labute approximate surface area is 132 Å². The van der Waals surface area contributed by atoms with Gasteiger partial charge in [-0.15, -0.1) is 0 Å². The van der Waals surface area contributed by atoms with E-state index in [0.717, 1.165) is 0 Å². The molecule has 0 saturated carbocycles. The Morgan fingerprint density at radius 1 is 1.27 bits per heavy atom. The Bertz CT molecular complexity index is 698. The smallest absolute Gasteiger partial charge is 0.259 e. The Kier molecular flexibility index (Phi) is 5.34. The van der Waals surface area contributed by atoms with Crippen LogP contribution in [0.2, 0.25) is 5.02 Å². The molecule has 112 valence electrons. The first-order chi connectivity index (χ1) is 10.6. The van der Waals surface area contributed by atoms with Crippen LogP contribution in [-0.2, 0) is 4.79 Å². The van der Waals surface area contributed by atoms with Gasteiger partial charge in [-0.25, -0.2) is 4.39 Å². The van der Waals surface area contributed by atoms with Gasteiger partial charge >= 0.3 is 0 Å². The first-order valence-electron chi connectivity index (χ1n) is 6.42. The Morgan fingerprint density at radius 3 is 2.59 bits per heavy atom. The molecule has 22 heavy (non-hydrogen) atoms. The number of ether oxygens (including phenoxy) is 1. The molecule has 0 saturated heterocycles. The van der Waals surface area contributed by atoms with Crippen LogP contribution in [0.4, 0.5) is 4.39 Å². The summed E-state index contributed by atoms with van der Waals surface area (Å²) in [7, 11) is 0. The summed E-state index contributed by atoms with van der Waals surface area (Å²) in [5.41, 5.74) is 0.495. The van der Waals surface area contributed by atoms with E-state index >= 15 is 0 Å². The molecule has 0 fully saturated rings. The standard InChI is InChI=1S/C16H12ClFN2O2/c17-13-3-1-2-4-15(13)22-10-16(21)20-14(9-19)11-5-7-12(18)8-6-11/h1-8,14H,10H2,(H,20,21)/t14-/m1/s1. The number of benzene rings is 2.